The zero-order valence-electron chi connectivity index (χ0n) is 12.0. The lowest BCUT2D eigenvalue weighted by Gasteiger charge is -2.21. The molecule has 0 radical (unpaired) electrons. The maximum Gasteiger partial charge on any atom is 0.241 e. The van der Waals surface area contributed by atoms with Crippen LogP contribution in [-0.2, 0) is 21.3 Å². The van der Waals surface area contributed by atoms with Crippen molar-refractivity contribution in [3.63, 3.8) is 0 Å². The van der Waals surface area contributed by atoms with Crippen LogP contribution >= 0.6 is 11.3 Å². The number of hydrogen-bond acceptors (Lipinski definition) is 5. The Bertz CT molecular complexity index is 561. The van der Waals surface area contributed by atoms with Crippen molar-refractivity contribution in [2.45, 2.75) is 43.2 Å². The van der Waals surface area contributed by atoms with Gasteiger partial charge in [0, 0.05) is 36.0 Å². The van der Waals surface area contributed by atoms with Gasteiger partial charge in [-0.25, -0.2) is 13.1 Å². The zero-order valence-corrected chi connectivity index (χ0v) is 13.6. The fraction of sp³-hybridized carbons (Fsp3) is 0.714. The average Bonchev–Trinajstić information content (AvgIpc) is 3.20. The third kappa shape index (κ3) is 4.50. The molecule has 1 aliphatic heterocycles. The zero-order chi connectivity index (χ0) is 14.7. The van der Waals surface area contributed by atoms with Crippen LogP contribution in [0.5, 0.6) is 0 Å². The largest absolute Gasteiger partial charge is 0.381 e. The summed E-state index contributed by atoms with van der Waals surface area (Å²) < 4.78 is 32.6. The first-order valence-electron chi connectivity index (χ1n) is 7.52. The molecular formula is C14H22N2O3S2. The predicted molar refractivity (Wildman–Crippen MR) is 82.9 cm³/mol. The molecule has 7 heteroatoms. The van der Waals surface area contributed by atoms with E-state index in [-0.39, 0.29) is 0 Å². The molecule has 1 aliphatic carbocycles. The van der Waals surface area contributed by atoms with Crippen LogP contribution in [0.3, 0.4) is 0 Å². The normalized spacial score (nSPS) is 23.3. The van der Waals surface area contributed by atoms with Crippen molar-refractivity contribution >= 4 is 21.4 Å². The molecule has 1 saturated carbocycles. The van der Waals surface area contributed by atoms with Gasteiger partial charge in [0.25, 0.3) is 0 Å². The van der Waals surface area contributed by atoms with E-state index in [1.54, 1.807) is 11.4 Å². The van der Waals surface area contributed by atoms with E-state index in [4.69, 9.17) is 4.74 Å². The molecule has 0 amide bonds. The highest BCUT2D eigenvalue weighted by Crippen LogP contribution is 2.23. The number of sulfonamides is 1. The molecule has 2 fully saturated rings. The molecule has 1 atom stereocenters. The SMILES string of the molecule is O=S(=O)(NCC1CCCOC1)c1csc(CNC2CC2)c1. The quantitative estimate of drug-likeness (QED) is 0.799. The fourth-order valence-corrected chi connectivity index (χ4v) is 4.75. The average molecular weight is 330 g/mol. The van der Waals surface area contributed by atoms with Crippen molar-refractivity contribution in [3.05, 3.63) is 16.3 Å². The summed E-state index contributed by atoms with van der Waals surface area (Å²) in [6.45, 7) is 2.68. The van der Waals surface area contributed by atoms with Crippen LogP contribution in [-0.4, -0.2) is 34.2 Å². The van der Waals surface area contributed by atoms with Crippen LogP contribution in [0.1, 0.15) is 30.6 Å². The molecule has 1 unspecified atom stereocenters. The van der Waals surface area contributed by atoms with Crippen LogP contribution in [0.4, 0.5) is 0 Å². The molecule has 0 aromatic carbocycles. The van der Waals surface area contributed by atoms with Crippen molar-refractivity contribution in [3.8, 4) is 0 Å². The topological polar surface area (TPSA) is 67.4 Å². The summed E-state index contributed by atoms with van der Waals surface area (Å²) in [4.78, 5) is 1.46. The molecule has 1 aromatic heterocycles. The molecule has 2 N–H and O–H groups in total. The summed E-state index contributed by atoms with van der Waals surface area (Å²) in [7, 11) is -3.38. The van der Waals surface area contributed by atoms with E-state index in [9.17, 15) is 8.42 Å². The third-order valence-corrected chi connectivity index (χ3v) is 6.39. The summed E-state index contributed by atoms with van der Waals surface area (Å²) >= 11 is 1.50. The Morgan fingerprint density at radius 2 is 2.19 bits per heavy atom. The van der Waals surface area contributed by atoms with Gasteiger partial charge < -0.3 is 10.1 Å². The van der Waals surface area contributed by atoms with Crippen molar-refractivity contribution < 1.29 is 13.2 Å². The first-order valence-corrected chi connectivity index (χ1v) is 9.88. The number of hydrogen-bond donors (Lipinski definition) is 2. The van der Waals surface area contributed by atoms with Gasteiger partial charge in [-0.05, 0) is 37.7 Å². The van der Waals surface area contributed by atoms with Crippen LogP contribution in [0, 0.1) is 5.92 Å². The second-order valence-corrected chi connectivity index (χ2v) is 8.60. The fourth-order valence-electron chi connectivity index (χ4n) is 2.41. The molecule has 2 heterocycles. The van der Waals surface area contributed by atoms with Crippen LogP contribution in [0.15, 0.2) is 16.3 Å². The Hall–Kier alpha value is -0.470. The number of ether oxygens (including phenoxy) is 1. The first kappa shape index (κ1) is 15.4. The Kier molecular flexibility index (Phi) is 4.96. The standard InChI is InChI=1S/C14H22N2O3S2/c17-21(18,16-7-11-2-1-5-19-9-11)14-6-13(20-10-14)8-15-12-3-4-12/h6,10-12,15-16H,1-5,7-9H2. The van der Waals surface area contributed by atoms with Crippen LogP contribution in [0.25, 0.3) is 0 Å². The van der Waals surface area contributed by atoms with E-state index in [2.05, 4.69) is 10.0 Å². The van der Waals surface area contributed by atoms with Crippen LogP contribution < -0.4 is 10.0 Å². The van der Waals surface area contributed by atoms with Gasteiger partial charge in [-0.1, -0.05) is 0 Å². The number of thiophene rings is 1. The molecule has 1 saturated heterocycles. The van der Waals surface area contributed by atoms with E-state index >= 15 is 0 Å². The third-order valence-electron chi connectivity index (χ3n) is 3.90. The van der Waals surface area contributed by atoms with E-state index < -0.39 is 10.0 Å². The molecule has 118 valence electrons. The molecule has 21 heavy (non-hydrogen) atoms. The maximum absolute atomic E-state index is 12.3. The van der Waals surface area contributed by atoms with Crippen molar-refractivity contribution in [1.82, 2.24) is 10.0 Å². The van der Waals surface area contributed by atoms with Gasteiger partial charge >= 0.3 is 0 Å². The Morgan fingerprint density at radius 1 is 1.33 bits per heavy atom. The van der Waals surface area contributed by atoms with Crippen molar-refractivity contribution in [2.75, 3.05) is 19.8 Å². The van der Waals surface area contributed by atoms with E-state index in [0.717, 1.165) is 30.9 Å². The second-order valence-electron chi connectivity index (χ2n) is 5.84. The molecule has 0 bridgehead atoms. The smallest absolute Gasteiger partial charge is 0.241 e. The lowest BCUT2D eigenvalue weighted by molar-refractivity contribution is 0.0568. The van der Waals surface area contributed by atoms with Gasteiger partial charge in [-0.3, -0.25) is 0 Å². The lowest BCUT2D eigenvalue weighted by atomic mass is 10.0. The van der Waals surface area contributed by atoms with E-state index in [1.165, 1.54) is 24.2 Å². The molecule has 2 aliphatic rings. The van der Waals surface area contributed by atoms with Crippen molar-refractivity contribution in [2.24, 2.45) is 5.92 Å². The highest BCUT2D eigenvalue weighted by atomic mass is 32.2. The minimum Gasteiger partial charge on any atom is -0.381 e. The minimum absolute atomic E-state index is 0.295. The Labute approximate surface area is 130 Å². The number of rotatable bonds is 7. The van der Waals surface area contributed by atoms with Gasteiger partial charge in [-0.15, -0.1) is 11.3 Å². The summed E-state index contributed by atoms with van der Waals surface area (Å²) in [6.07, 6.45) is 4.52. The van der Waals surface area contributed by atoms with E-state index in [0.29, 0.717) is 30.0 Å². The highest BCUT2D eigenvalue weighted by Gasteiger charge is 2.22. The lowest BCUT2D eigenvalue weighted by Crippen LogP contribution is -2.33. The van der Waals surface area contributed by atoms with Gasteiger partial charge in [0.15, 0.2) is 0 Å². The monoisotopic (exact) mass is 330 g/mol. The molecule has 3 rings (SSSR count). The first-order chi connectivity index (χ1) is 10.1. The summed E-state index contributed by atoms with van der Waals surface area (Å²) in [5, 5.41) is 5.13. The maximum atomic E-state index is 12.3. The second kappa shape index (κ2) is 6.75. The van der Waals surface area contributed by atoms with Gasteiger partial charge in [-0.2, -0.15) is 0 Å². The van der Waals surface area contributed by atoms with Gasteiger partial charge in [0.05, 0.1) is 11.5 Å². The highest BCUT2D eigenvalue weighted by molar-refractivity contribution is 7.89. The molecule has 1 aromatic rings. The predicted octanol–water partition coefficient (Wildman–Crippen LogP) is 1.70. The van der Waals surface area contributed by atoms with Gasteiger partial charge in [0.2, 0.25) is 10.0 Å². The van der Waals surface area contributed by atoms with E-state index in [1.807, 2.05) is 0 Å². The molecule has 0 spiro atoms. The molecule has 5 nitrogen and oxygen atoms in total. The Morgan fingerprint density at radius 3 is 2.90 bits per heavy atom. The summed E-state index contributed by atoms with van der Waals surface area (Å²) in [5.74, 6) is 0.295. The van der Waals surface area contributed by atoms with Gasteiger partial charge in [0.1, 0.15) is 0 Å². The summed E-state index contributed by atoms with van der Waals surface area (Å²) in [6, 6.07) is 2.41. The number of nitrogens with one attached hydrogen (secondary N) is 2. The molecular weight excluding hydrogens is 308 g/mol. The minimum atomic E-state index is -3.38. The Balaban J connectivity index is 1.53. The van der Waals surface area contributed by atoms with Crippen molar-refractivity contribution in [1.29, 1.82) is 0 Å². The summed E-state index contributed by atoms with van der Waals surface area (Å²) in [5.41, 5.74) is 0. The van der Waals surface area contributed by atoms with Crippen LogP contribution in [0.2, 0.25) is 0 Å².